The summed E-state index contributed by atoms with van der Waals surface area (Å²) in [4.78, 5) is 14.2. The van der Waals surface area contributed by atoms with E-state index in [4.69, 9.17) is 4.74 Å². The van der Waals surface area contributed by atoms with Crippen molar-refractivity contribution in [3.63, 3.8) is 0 Å². The molecule has 0 atom stereocenters. The van der Waals surface area contributed by atoms with E-state index >= 15 is 0 Å². The van der Waals surface area contributed by atoms with Gasteiger partial charge in [-0.25, -0.2) is 8.42 Å². The van der Waals surface area contributed by atoms with E-state index < -0.39 is 10.0 Å². The van der Waals surface area contributed by atoms with E-state index in [1.165, 1.54) is 10.6 Å². The summed E-state index contributed by atoms with van der Waals surface area (Å²) in [5.41, 5.74) is 0.596. The number of hydrogen-bond acceptors (Lipinski definition) is 4. The zero-order chi connectivity index (χ0) is 17.7. The Morgan fingerprint density at radius 2 is 1.71 bits per heavy atom. The molecule has 134 valence electrons. The number of piperazine rings is 1. The number of ether oxygens (including phenoxy) is 1. The third-order valence-corrected chi connectivity index (χ3v) is 5.36. The Labute approximate surface area is 144 Å². The number of hydrogen-bond donors (Lipinski definition) is 0. The largest absolute Gasteiger partial charge is 0.494 e. The van der Waals surface area contributed by atoms with Gasteiger partial charge in [-0.05, 0) is 36.6 Å². The van der Waals surface area contributed by atoms with E-state index in [1.807, 2.05) is 0 Å². The van der Waals surface area contributed by atoms with Gasteiger partial charge in [0.05, 0.1) is 12.9 Å². The van der Waals surface area contributed by atoms with Crippen LogP contribution in [0, 0.1) is 5.92 Å². The molecule has 1 aliphatic heterocycles. The summed E-state index contributed by atoms with van der Waals surface area (Å²) in [6.45, 7) is 6.49. The molecule has 2 rings (SSSR count). The van der Waals surface area contributed by atoms with Gasteiger partial charge in [0, 0.05) is 31.7 Å². The van der Waals surface area contributed by atoms with Crippen molar-refractivity contribution in [2.24, 2.45) is 5.92 Å². The van der Waals surface area contributed by atoms with Gasteiger partial charge in [0.2, 0.25) is 10.0 Å². The van der Waals surface area contributed by atoms with Crippen LogP contribution in [-0.4, -0.2) is 62.6 Å². The number of carbonyl (C=O) groups excluding carboxylic acids is 1. The molecule has 0 aromatic heterocycles. The van der Waals surface area contributed by atoms with Crippen LogP contribution in [0.5, 0.6) is 5.75 Å². The van der Waals surface area contributed by atoms with Gasteiger partial charge in [-0.1, -0.05) is 13.8 Å². The molecule has 0 saturated carbocycles. The van der Waals surface area contributed by atoms with Gasteiger partial charge in [-0.3, -0.25) is 4.79 Å². The third-order valence-electron chi connectivity index (χ3n) is 4.06. The molecule has 0 unspecified atom stereocenters. The fourth-order valence-corrected chi connectivity index (χ4v) is 3.34. The fraction of sp³-hybridized carbons (Fsp3) is 0.588. The second-order valence-electron chi connectivity index (χ2n) is 6.51. The van der Waals surface area contributed by atoms with E-state index in [2.05, 4.69) is 13.8 Å². The van der Waals surface area contributed by atoms with Crippen molar-refractivity contribution in [1.82, 2.24) is 9.21 Å². The van der Waals surface area contributed by atoms with Crippen molar-refractivity contribution < 1.29 is 17.9 Å². The summed E-state index contributed by atoms with van der Waals surface area (Å²) >= 11 is 0. The number of carbonyl (C=O) groups is 1. The Morgan fingerprint density at radius 1 is 1.12 bits per heavy atom. The number of sulfonamides is 1. The first-order valence-corrected chi connectivity index (χ1v) is 10.1. The zero-order valence-electron chi connectivity index (χ0n) is 14.6. The minimum absolute atomic E-state index is 0.0723. The first kappa shape index (κ1) is 18.7. The molecular weight excluding hydrogens is 328 g/mol. The van der Waals surface area contributed by atoms with Crippen LogP contribution in [0.1, 0.15) is 30.6 Å². The molecule has 6 nitrogen and oxygen atoms in total. The molecular formula is C17H26N2O4S. The second-order valence-corrected chi connectivity index (χ2v) is 8.49. The summed E-state index contributed by atoms with van der Waals surface area (Å²) in [6.07, 6.45) is 2.19. The zero-order valence-corrected chi connectivity index (χ0v) is 15.4. The van der Waals surface area contributed by atoms with Crippen LogP contribution in [0.4, 0.5) is 0 Å². The lowest BCUT2D eigenvalue weighted by Gasteiger charge is -2.33. The molecule has 24 heavy (non-hydrogen) atoms. The first-order valence-electron chi connectivity index (χ1n) is 8.24. The van der Waals surface area contributed by atoms with Crippen molar-refractivity contribution in [3.05, 3.63) is 29.8 Å². The Morgan fingerprint density at radius 3 is 2.21 bits per heavy atom. The quantitative estimate of drug-likeness (QED) is 0.782. The van der Waals surface area contributed by atoms with Crippen LogP contribution in [0.25, 0.3) is 0 Å². The molecule has 1 amide bonds. The summed E-state index contributed by atoms with van der Waals surface area (Å²) in [7, 11) is -3.18. The number of nitrogens with zero attached hydrogens (tertiary/aromatic N) is 2. The maximum absolute atomic E-state index is 12.5. The van der Waals surface area contributed by atoms with E-state index in [0.717, 1.165) is 12.2 Å². The molecule has 7 heteroatoms. The Hall–Kier alpha value is -1.60. The Balaban J connectivity index is 1.89. The van der Waals surface area contributed by atoms with Gasteiger partial charge in [0.15, 0.2) is 0 Å². The molecule has 1 fully saturated rings. The fourth-order valence-electron chi connectivity index (χ4n) is 2.51. The maximum Gasteiger partial charge on any atom is 0.253 e. The van der Waals surface area contributed by atoms with Gasteiger partial charge in [0.25, 0.3) is 5.91 Å². The molecule has 1 heterocycles. The summed E-state index contributed by atoms with van der Waals surface area (Å²) in [6, 6.07) is 7.13. The van der Waals surface area contributed by atoms with Crippen LogP contribution in [0.15, 0.2) is 24.3 Å². The lowest BCUT2D eigenvalue weighted by Crippen LogP contribution is -2.50. The molecule has 1 aliphatic rings. The van der Waals surface area contributed by atoms with Gasteiger partial charge >= 0.3 is 0 Å². The third kappa shape index (κ3) is 5.21. The summed E-state index contributed by atoms with van der Waals surface area (Å²) in [5, 5.41) is 0. The second kappa shape index (κ2) is 7.98. The number of rotatable bonds is 6. The van der Waals surface area contributed by atoms with Crippen LogP contribution in [0.3, 0.4) is 0 Å². The lowest BCUT2D eigenvalue weighted by atomic mass is 10.1. The van der Waals surface area contributed by atoms with Crippen LogP contribution in [-0.2, 0) is 10.0 Å². The molecule has 1 aromatic carbocycles. The highest BCUT2D eigenvalue weighted by atomic mass is 32.2. The SMILES string of the molecule is CC(C)CCOc1ccc(C(=O)N2CCN(S(C)(=O)=O)CC2)cc1. The summed E-state index contributed by atoms with van der Waals surface area (Å²) < 4.78 is 30.1. The molecule has 0 bridgehead atoms. The lowest BCUT2D eigenvalue weighted by molar-refractivity contribution is 0.0698. The summed E-state index contributed by atoms with van der Waals surface area (Å²) in [5.74, 6) is 1.28. The van der Waals surface area contributed by atoms with Crippen LogP contribution >= 0.6 is 0 Å². The Bertz CT molecular complexity index is 648. The topological polar surface area (TPSA) is 66.9 Å². The van der Waals surface area contributed by atoms with Crippen molar-refractivity contribution in [2.45, 2.75) is 20.3 Å². The highest BCUT2D eigenvalue weighted by Crippen LogP contribution is 2.16. The van der Waals surface area contributed by atoms with Gasteiger partial charge in [0.1, 0.15) is 5.75 Å². The predicted molar refractivity (Wildman–Crippen MR) is 93.7 cm³/mol. The molecule has 1 aromatic rings. The molecule has 0 radical (unpaired) electrons. The Kier molecular flexibility index (Phi) is 6.23. The highest BCUT2D eigenvalue weighted by Gasteiger charge is 2.26. The number of amides is 1. The van der Waals surface area contributed by atoms with E-state index in [9.17, 15) is 13.2 Å². The van der Waals surface area contributed by atoms with E-state index in [1.54, 1.807) is 29.2 Å². The van der Waals surface area contributed by atoms with Crippen LogP contribution in [0.2, 0.25) is 0 Å². The minimum Gasteiger partial charge on any atom is -0.494 e. The smallest absolute Gasteiger partial charge is 0.253 e. The van der Waals surface area contributed by atoms with Gasteiger partial charge in [-0.2, -0.15) is 4.31 Å². The minimum atomic E-state index is -3.18. The molecule has 0 spiro atoms. The predicted octanol–water partition coefficient (Wildman–Crippen LogP) is 1.83. The molecule has 0 aliphatic carbocycles. The highest BCUT2D eigenvalue weighted by molar-refractivity contribution is 7.88. The monoisotopic (exact) mass is 354 g/mol. The average Bonchev–Trinajstić information content (AvgIpc) is 2.54. The van der Waals surface area contributed by atoms with Crippen LogP contribution < -0.4 is 4.74 Å². The molecule has 1 saturated heterocycles. The van der Waals surface area contributed by atoms with Gasteiger partial charge < -0.3 is 9.64 Å². The van der Waals surface area contributed by atoms with Gasteiger partial charge in [-0.15, -0.1) is 0 Å². The number of benzene rings is 1. The standard InChI is InChI=1S/C17H26N2O4S/c1-14(2)8-13-23-16-6-4-15(5-7-16)17(20)18-9-11-19(12-10-18)24(3,21)22/h4-7,14H,8-13H2,1-3H3. The normalized spacial score (nSPS) is 16.4. The maximum atomic E-state index is 12.5. The van der Waals surface area contributed by atoms with Crippen molar-refractivity contribution in [1.29, 1.82) is 0 Å². The van der Waals surface area contributed by atoms with E-state index in [-0.39, 0.29) is 5.91 Å². The molecule has 0 N–H and O–H groups in total. The van der Waals surface area contributed by atoms with Crippen molar-refractivity contribution >= 4 is 15.9 Å². The average molecular weight is 354 g/mol. The van der Waals surface area contributed by atoms with E-state index in [0.29, 0.717) is 44.3 Å². The van der Waals surface area contributed by atoms with Crippen molar-refractivity contribution in [2.75, 3.05) is 39.0 Å². The first-order chi connectivity index (χ1) is 11.3. The van der Waals surface area contributed by atoms with Crippen molar-refractivity contribution in [3.8, 4) is 5.75 Å².